The monoisotopic (exact) mass is 115 g/mol. The molecule has 2 heteroatoms. The smallest absolute Gasteiger partial charge is 0.151 e. The van der Waals surface area contributed by atoms with E-state index < -0.39 is 5.60 Å². The van der Waals surface area contributed by atoms with E-state index in [1.54, 1.807) is 6.92 Å². The zero-order valence-corrected chi connectivity index (χ0v) is 5.22. The second kappa shape index (κ2) is 2.27. The van der Waals surface area contributed by atoms with Gasteiger partial charge in [-0.1, -0.05) is 6.92 Å². The Kier molecular flexibility index (Phi) is 2.16. The van der Waals surface area contributed by atoms with Crippen molar-refractivity contribution in [1.29, 1.82) is 0 Å². The fourth-order valence-electron chi connectivity index (χ4n) is 0.116. The van der Waals surface area contributed by atoms with Gasteiger partial charge < -0.3 is 9.90 Å². The van der Waals surface area contributed by atoms with Crippen molar-refractivity contribution in [1.82, 2.24) is 0 Å². The Hall–Kier alpha value is -0.370. The molecule has 1 radical (unpaired) electrons. The number of aliphatic hydroxyl groups is 1. The molecule has 0 aliphatic rings. The quantitative estimate of drug-likeness (QED) is 0.529. The van der Waals surface area contributed by atoms with Gasteiger partial charge in [0.05, 0.1) is 0 Å². The molecule has 8 heavy (non-hydrogen) atoms. The maximum Gasteiger partial charge on any atom is 0.151 e. The lowest BCUT2D eigenvalue weighted by atomic mass is 9.95. The van der Waals surface area contributed by atoms with Crippen LogP contribution in [0.2, 0.25) is 0 Å². The molecule has 0 saturated carbocycles. The van der Waals surface area contributed by atoms with Gasteiger partial charge in [0.15, 0.2) is 6.29 Å². The van der Waals surface area contributed by atoms with Gasteiger partial charge in [0.25, 0.3) is 0 Å². The number of carbonyl (C=O) groups is 1. The highest BCUT2D eigenvalue weighted by Crippen LogP contribution is 2.10. The Balaban J connectivity index is 3.90. The molecule has 0 heterocycles. The first-order valence-electron chi connectivity index (χ1n) is 2.52. The van der Waals surface area contributed by atoms with Gasteiger partial charge in [-0.2, -0.15) is 0 Å². The highest BCUT2D eigenvalue weighted by molar-refractivity contribution is 5.61. The predicted octanol–water partition coefficient (Wildman–Crippen LogP) is 0.406. The summed E-state index contributed by atoms with van der Waals surface area (Å²) in [6, 6.07) is 0. The van der Waals surface area contributed by atoms with Crippen LogP contribution < -0.4 is 0 Å². The molecule has 0 saturated heterocycles. The summed E-state index contributed by atoms with van der Waals surface area (Å²) in [7, 11) is 0. The first kappa shape index (κ1) is 7.63. The number of aldehydes is 1. The molecule has 0 aromatic heterocycles. The molecular formula is C6H11O2. The minimum atomic E-state index is -1.25. The molecule has 0 aromatic carbocycles. The van der Waals surface area contributed by atoms with Crippen LogP contribution in [0.3, 0.4) is 0 Å². The SMILES string of the molecule is [CH2]C(C)C(C)(O)C=O. The van der Waals surface area contributed by atoms with Gasteiger partial charge in [-0.25, -0.2) is 0 Å². The van der Waals surface area contributed by atoms with E-state index in [-0.39, 0.29) is 5.92 Å². The third-order valence-corrected chi connectivity index (χ3v) is 1.24. The molecule has 2 atom stereocenters. The maximum absolute atomic E-state index is 9.98. The molecule has 0 aliphatic carbocycles. The highest BCUT2D eigenvalue weighted by atomic mass is 16.3. The van der Waals surface area contributed by atoms with Crippen molar-refractivity contribution in [3.8, 4) is 0 Å². The molecule has 0 fully saturated rings. The molecule has 0 rings (SSSR count). The highest BCUT2D eigenvalue weighted by Gasteiger charge is 2.22. The van der Waals surface area contributed by atoms with E-state index in [0.717, 1.165) is 0 Å². The Morgan fingerprint density at radius 2 is 2.25 bits per heavy atom. The average molecular weight is 115 g/mol. The van der Waals surface area contributed by atoms with E-state index in [2.05, 4.69) is 6.92 Å². The lowest BCUT2D eigenvalue weighted by Gasteiger charge is -2.19. The normalized spacial score (nSPS) is 18.1. The van der Waals surface area contributed by atoms with Gasteiger partial charge in [-0.3, -0.25) is 0 Å². The largest absolute Gasteiger partial charge is 0.382 e. The minimum Gasteiger partial charge on any atom is -0.382 e. The van der Waals surface area contributed by atoms with Gasteiger partial charge in [-0.15, -0.1) is 0 Å². The number of hydrogen-bond acceptors (Lipinski definition) is 2. The minimum absolute atomic E-state index is 0.250. The number of carbonyl (C=O) groups excluding carboxylic acids is 1. The molecule has 2 nitrogen and oxygen atoms in total. The van der Waals surface area contributed by atoms with Gasteiger partial charge in [0, 0.05) is 0 Å². The van der Waals surface area contributed by atoms with Gasteiger partial charge >= 0.3 is 0 Å². The molecular weight excluding hydrogens is 104 g/mol. The molecule has 0 aromatic rings. The Morgan fingerprint density at radius 3 is 2.25 bits per heavy atom. The molecule has 0 amide bonds. The van der Waals surface area contributed by atoms with Gasteiger partial charge in [0.1, 0.15) is 5.60 Å². The van der Waals surface area contributed by atoms with Crippen LogP contribution in [0.25, 0.3) is 0 Å². The fourth-order valence-corrected chi connectivity index (χ4v) is 0.116. The van der Waals surface area contributed by atoms with Gasteiger partial charge in [0.2, 0.25) is 0 Å². The van der Waals surface area contributed by atoms with Crippen molar-refractivity contribution in [2.24, 2.45) is 5.92 Å². The van der Waals surface area contributed by atoms with Crippen molar-refractivity contribution < 1.29 is 9.90 Å². The van der Waals surface area contributed by atoms with Crippen LogP contribution in [0, 0.1) is 12.8 Å². The molecule has 0 aliphatic heterocycles. The molecule has 1 N–H and O–H groups in total. The third-order valence-electron chi connectivity index (χ3n) is 1.24. The van der Waals surface area contributed by atoms with E-state index in [1.165, 1.54) is 6.92 Å². The molecule has 0 spiro atoms. The fraction of sp³-hybridized carbons (Fsp3) is 0.667. The third kappa shape index (κ3) is 1.62. The summed E-state index contributed by atoms with van der Waals surface area (Å²) in [6.07, 6.45) is 0.505. The Labute approximate surface area is 49.5 Å². The lowest BCUT2D eigenvalue weighted by Crippen LogP contribution is -2.32. The zero-order valence-electron chi connectivity index (χ0n) is 5.22. The second-order valence-electron chi connectivity index (χ2n) is 2.24. The first-order valence-corrected chi connectivity index (χ1v) is 2.52. The van der Waals surface area contributed by atoms with Crippen LogP contribution in [-0.4, -0.2) is 17.0 Å². The average Bonchev–Trinajstić information content (AvgIpc) is 1.67. The Bertz CT molecular complexity index is 84.5. The number of hydrogen-bond donors (Lipinski definition) is 1. The van der Waals surface area contributed by atoms with Crippen molar-refractivity contribution >= 4 is 6.29 Å². The van der Waals surface area contributed by atoms with Crippen molar-refractivity contribution in [2.75, 3.05) is 0 Å². The summed E-state index contributed by atoms with van der Waals surface area (Å²) < 4.78 is 0. The Morgan fingerprint density at radius 1 is 1.88 bits per heavy atom. The summed E-state index contributed by atoms with van der Waals surface area (Å²) in [6.45, 7) is 6.63. The summed E-state index contributed by atoms with van der Waals surface area (Å²) >= 11 is 0. The number of rotatable bonds is 2. The predicted molar refractivity (Wildman–Crippen MR) is 31.2 cm³/mol. The molecule has 0 bridgehead atoms. The summed E-state index contributed by atoms with van der Waals surface area (Å²) in [5.41, 5.74) is -1.25. The summed E-state index contributed by atoms with van der Waals surface area (Å²) in [4.78, 5) is 9.98. The summed E-state index contributed by atoms with van der Waals surface area (Å²) in [5.74, 6) is -0.250. The van der Waals surface area contributed by atoms with Crippen LogP contribution >= 0.6 is 0 Å². The standard InChI is InChI=1S/C6H11O2/c1-5(2)6(3,8)4-7/h4-5,8H,1H2,2-3H3. The second-order valence-corrected chi connectivity index (χ2v) is 2.24. The first-order chi connectivity index (χ1) is 3.50. The van der Waals surface area contributed by atoms with Crippen LogP contribution in [0.1, 0.15) is 13.8 Å². The van der Waals surface area contributed by atoms with Crippen LogP contribution in [0.4, 0.5) is 0 Å². The lowest BCUT2D eigenvalue weighted by molar-refractivity contribution is -0.125. The summed E-state index contributed by atoms with van der Waals surface area (Å²) in [5, 5.41) is 8.97. The van der Waals surface area contributed by atoms with E-state index in [9.17, 15) is 4.79 Å². The van der Waals surface area contributed by atoms with Crippen LogP contribution in [0.15, 0.2) is 0 Å². The topological polar surface area (TPSA) is 37.3 Å². The van der Waals surface area contributed by atoms with Crippen molar-refractivity contribution in [3.05, 3.63) is 6.92 Å². The van der Waals surface area contributed by atoms with E-state index in [1.807, 2.05) is 0 Å². The molecule has 47 valence electrons. The van der Waals surface area contributed by atoms with Crippen molar-refractivity contribution in [2.45, 2.75) is 19.4 Å². The van der Waals surface area contributed by atoms with E-state index >= 15 is 0 Å². The van der Waals surface area contributed by atoms with E-state index in [4.69, 9.17) is 5.11 Å². The molecule has 2 unspecified atom stereocenters. The zero-order chi connectivity index (χ0) is 6.78. The van der Waals surface area contributed by atoms with Crippen LogP contribution in [-0.2, 0) is 4.79 Å². The van der Waals surface area contributed by atoms with Gasteiger partial charge in [-0.05, 0) is 19.8 Å². The maximum atomic E-state index is 9.98. The van der Waals surface area contributed by atoms with Crippen LogP contribution in [0.5, 0.6) is 0 Å². The van der Waals surface area contributed by atoms with E-state index in [0.29, 0.717) is 6.29 Å². The van der Waals surface area contributed by atoms with Crippen molar-refractivity contribution in [3.63, 3.8) is 0 Å².